The number of hydrazone groups is 1. The molecule has 0 unspecified atom stereocenters. The SMILES string of the molecule is CCOc1ccc(C(=O)Oc2ccc(/C=N\NC(=O)COc3ccc(C)cc3)cc2OCC)cc1. The number of ether oxygens (including phenoxy) is 4. The summed E-state index contributed by atoms with van der Waals surface area (Å²) >= 11 is 0. The van der Waals surface area contributed by atoms with Crippen molar-refractivity contribution in [2.75, 3.05) is 19.8 Å². The standard InChI is InChI=1S/C27H28N2O6/c1-4-32-22-13-9-21(10-14-22)27(31)35-24-15-8-20(16-25(24)33-5-2)17-28-29-26(30)18-34-23-11-6-19(3)7-12-23/h6-17H,4-5,18H2,1-3H3,(H,29,30)/b28-17-. The summed E-state index contributed by atoms with van der Waals surface area (Å²) in [5.74, 6) is 1.02. The molecule has 3 rings (SSSR count). The van der Waals surface area contributed by atoms with Crippen LogP contribution in [0.5, 0.6) is 23.0 Å². The fourth-order valence-corrected chi connectivity index (χ4v) is 2.96. The average Bonchev–Trinajstić information content (AvgIpc) is 2.86. The van der Waals surface area contributed by atoms with Gasteiger partial charge in [-0.15, -0.1) is 0 Å². The van der Waals surface area contributed by atoms with Gasteiger partial charge in [0.2, 0.25) is 0 Å². The van der Waals surface area contributed by atoms with E-state index >= 15 is 0 Å². The summed E-state index contributed by atoms with van der Waals surface area (Å²) in [4.78, 5) is 24.5. The number of nitrogens with zero attached hydrogens (tertiary/aromatic N) is 1. The van der Waals surface area contributed by atoms with Gasteiger partial charge in [-0.1, -0.05) is 17.7 Å². The van der Waals surface area contributed by atoms with Gasteiger partial charge < -0.3 is 18.9 Å². The zero-order valence-electron chi connectivity index (χ0n) is 19.9. The first kappa shape index (κ1) is 25.3. The van der Waals surface area contributed by atoms with E-state index in [1.807, 2.05) is 32.9 Å². The second kappa shape index (κ2) is 12.8. The lowest BCUT2D eigenvalue weighted by molar-refractivity contribution is -0.123. The van der Waals surface area contributed by atoms with E-state index in [2.05, 4.69) is 10.5 Å². The van der Waals surface area contributed by atoms with E-state index < -0.39 is 11.9 Å². The molecule has 0 aliphatic rings. The van der Waals surface area contributed by atoms with Gasteiger partial charge in [-0.05, 0) is 80.9 Å². The van der Waals surface area contributed by atoms with Gasteiger partial charge in [-0.3, -0.25) is 4.79 Å². The predicted molar refractivity (Wildman–Crippen MR) is 133 cm³/mol. The Morgan fingerprint density at radius 2 is 1.49 bits per heavy atom. The van der Waals surface area contributed by atoms with Crippen molar-refractivity contribution >= 4 is 18.1 Å². The normalized spacial score (nSPS) is 10.6. The summed E-state index contributed by atoms with van der Waals surface area (Å²) in [5, 5.41) is 3.95. The number of hydrogen-bond donors (Lipinski definition) is 1. The number of amides is 1. The number of nitrogens with one attached hydrogen (secondary N) is 1. The number of benzene rings is 3. The number of carbonyl (C=O) groups is 2. The molecule has 3 aromatic rings. The Morgan fingerprint density at radius 1 is 0.829 bits per heavy atom. The van der Waals surface area contributed by atoms with E-state index in [1.54, 1.807) is 54.6 Å². The largest absolute Gasteiger partial charge is 0.494 e. The summed E-state index contributed by atoms with van der Waals surface area (Å²) in [6, 6.07) is 19.1. The monoisotopic (exact) mass is 476 g/mol. The minimum atomic E-state index is -0.517. The molecule has 1 amide bonds. The third-order valence-corrected chi connectivity index (χ3v) is 4.67. The lowest BCUT2D eigenvalue weighted by atomic mass is 10.2. The molecule has 0 heterocycles. The highest BCUT2D eigenvalue weighted by molar-refractivity contribution is 5.92. The van der Waals surface area contributed by atoms with Crippen molar-refractivity contribution < 1.29 is 28.5 Å². The second-order valence-electron chi connectivity index (χ2n) is 7.38. The summed E-state index contributed by atoms with van der Waals surface area (Å²) in [6.45, 7) is 6.45. The molecule has 0 aliphatic heterocycles. The Hall–Kier alpha value is -4.33. The Labute approximate surface area is 204 Å². The maximum atomic E-state index is 12.5. The number of esters is 1. The molecule has 1 N–H and O–H groups in total. The Morgan fingerprint density at radius 3 is 2.17 bits per heavy atom. The molecule has 0 saturated carbocycles. The number of rotatable bonds is 11. The van der Waals surface area contributed by atoms with Gasteiger partial charge in [0.1, 0.15) is 11.5 Å². The van der Waals surface area contributed by atoms with Crippen LogP contribution in [0.25, 0.3) is 0 Å². The Kier molecular flexibility index (Phi) is 9.24. The minimum absolute atomic E-state index is 0.162. The summed E-state index contributed by atoms with van der Waals surface area (Å²) in [7, 11) is 0. The van der Waals surface area contributed by atoms with Crippen molar-refractivity contribution in [3.05, 3.63) is 83.4 Å². The highest BCUT2D eigenvalue weighted by Gasteiger charge is 2.13. The minimum Gasteiger partial charge on any atom is -0.494 e. The van der Waals surface area contributed by atoms with Crippen molar-refractivity contribution in [1.29, 1.82) is 0 Å². The van der Waals surface area contributed by atoms with Crippen molar-refractivity contribution in [3.8, 4) is 23.0 Å². The van der Waals surface area contributed by atoms with Crippen LogP contribution in [0.15, 0.2) is 71.8 Å². The number of hydrogen-bond acceptors (Lipinski definition) is 7. The number of aryl methyl sites for hydroxylation is 1. The van der Waals surface area contributed by atoms with Crippen LogP contribution in [0.2, 0.25) is 0 Å². The van der Waals surface area contributed by atoms with Gasteiger partial charge in [-0.25, -0.2) is 10.2 Å². The van der Waals surface area contributed by atoms with Gasteiger partial charge in [0.25, 0.3) is 5.91 Å². The van der Waals surface area contributed by atoms with Crippen LogP contribution in [-0.4, -0.2) is 37.9 Å². The fraction of sp³-hybridized carbons (Fsp3) is 0.222. The smallest absolute Gasteiger partial charge is 0.343 e. The second-order valence-corrected chi connectivity index (χ2v) is 7.38. The first-order chi connectivity index (χ1) is 17.0. The maximum absolute atomic E-state index is 12.5. The molecule has 35 heavy (non-hydrogen) atoms. The summed E-state index contributed by atoms with van der Waals surface area (Å²) < 4.78 is 22.0. The van der Waals surface area contributed by atoms with Gasteiger partial charge >= 0.3 is 5.97 Å². The first-order valence-corrected chi connectivity index (χ1v) is 11.2. The zero-order valence-corrected chi connectivity index (χ0v) is 19.9. The van der Waals surface area contributed by atoms with Crippen molar-refractivity contribution in [2.45, 2.75) is 20.8 Å². The van der Waals surface area contributed by atoms with Gasteiger partial charge in [-0.2, -0.15) is 5.10 Å². The topological polar surface area (TPSA) is 95.5 Å². The third kappa shape index (κ3) is 7.89. The molecule has 182 valence electrons. The van der Waals surface area contributed by atoms with Gasteiger partial charge in [0.15, 0.2) is 18.1 Å². The fourth-order valence-electron chi connectivity index (χ4n) is 2.96. The molecule has 0 radical (unpaired) electrons. The molecule has 0 atom stereocenters. The highest BCUT2D eigenvalue weighted by atomic mass is 16.6. The van der Waals surface area contributed by atoms with Crippen molar-refractivity contribution in [1.82, 2.24) is 5.43 Å². The molecule has 0 bridgehead atoms. The van der Waals surface area contributed by atoms with Crippen LogP contribution < -0.4 is 24.4 Å². The maximum Gasteiger partial charge on any atom is 0.343 e. The number of carbonyl (C=O) groups excluding carboxylic acids is 2. The summed E-state index contributed by atoms with van der Waals surface area (Å²) in [6.07, 6.45) is 1.46. The lowest BCUT2D eigenvalue weighted by Gasteiger charge is -2.11. The van der Waals surface area contributed by atoms with E-state index in [-0.39, 0.29) is 12.4 Å². The highest BCUT2D eigenvalue weighted by Crippen LogP contribution is 2.29. The van der Waals surface area contributed by atoms with Crippen LogP contribution in [0.3, 0.4) is 0 Å². The van der Waals surface area contributed by atoms with Crippen molar-refractivity contribution in [3.63, 3.8) is 0 Å². The van der Waals surface area contributed by atoms with Crippen LogP contribution >= 0.6 is 0 Å². The average molecular weight is 477 g/mol. The molecule has 0 spiro atoms. The van der Waals surface area contributed by atoms with Crippen LogP contribution in [-0.2, 0) is 4.79 Å². The van der Waals surface area contributed by atoms with E-state index in [1.165, 1.54) is 6.21 Å². The lowest BCUT2D eigenvalue weighted by Crippen LogP contribution is -2.24. The molecule has 8 heteroatoms. The molecule has 0 saturated heterocycles. The van der Waals surface area contributed by atoms with E-state index in [4.69, 9.17) is 18.9 Å². The van der Waals surface area contributed by atoms with Gasteiger partial charge in [0.05, 0.1) is 25.0 Å². The van der Waals surface area contributed by atoms with Gasteiger partial charge in [0, 0.05) is 0 Å². The molecule has 0 aliphatic carbocycles. The molecule has 3 aromatic carbocycles. The summed E-state index contributed by atoms with van der Waals surface area (Å²) in [5.41, 5.74) is 4.55. The van der Waals surface area contributed by atoms with Crippen LogP contribution in [0.1, 0.15) is 35.3 Å². The third-order valence-electron chi connectivity index (χ3n) is 4.67. The molecular formula is C27H28N2O6. The van der Waals surface area contributed by atoms with E-state index in [0.717, 1.165) is 5.56 Å². The predicted octanol–water partition coefficient (Wildman–Crippen LogP) is 4.54. The zero-order chi connectivity index (χ0) is 25.0. The molecule has 0 aromatic heterocycles. The van der Waals surface area contributed by atoms with Crippen LogP contribution in [0, 0.1) is 6.92 Å². The molecule has 8 nitrogen and oxygen atoms in total. The molecule has 0 fully saturated rings. The Bertz CT molecular complexity index is 1160. The molecular weight excluding hydrogens is 448 g/mol. The first-order valence-electron chi connectivity index (χ1n) is 11.2. The quantitative estimate of drug-likeness (QED) is 0.189. The van der Waals surface area contributed by atoms with E-state index in [9.17, 15) is 9.59 Å². The van der Waals surface area contributed by atoms with E-state index in [0.29, 0.717) is 41.6 Å². The van der Waals surface area contributed by atoms with Crippen molar-refractivity contribution in [2.24, 2.45) is 5.10 Å². The van der Waals surface area contributed by atoms with Crippen LogP contribution in [0.4, 0.5) is 0 Å². The Balaban J connectivity index is 1.58.